The molecule has 0 saturated carbocycles. The van der Waals surface area contributed by atoms with Crippen molar-refractivity contribution in [1.29, 1.82) is 0 Å². The van der Waals surface area contributed by atoms with Crippen LogP contribution >= 0.6 is 0 Å². The molecule has 0 aromatic rings. The molecule has 72 valence electrons. The largest absolute Gasteiger partial charge is 0.291 e. The fraction of sp³-hybridized carbons (Fsp3) is 1.00. The molecular weight excluding hydrogens is 148 g/mol. The molecule has 0 aromatic carbocycles. The van der Waals surface area contributed by atoms with Crippen molar-refractivity contribution in [2.45, 2.75) is 39.7 Å². The Balaban J connectivity index is 2.42. The van der Waals surface area contributed by atoms with Gasteiger partial charge in [0.25, 0.3) is 0 Å². The summed E-state index contributed by atoms with van der Waals surface area (Å²) >= 11 is 0. The quantitative estimate of drug-likeness (QED) is 0.623. The van der Waals surface area contributed by atoms with E-state index < -0.39 is 0 Å². The molecule has 1 rings (SSSR count). The highest BCUT2D eigenvalue weighted by Gasteiger charge is 2.15. The third-order valence-corrected chi connectivity index (χ3v) is 2.73. The zero-order chi connectivity index (χ0) is 8.97. The van der Waals surface area contributed by atoms with Crippen LogP contribution in [0.15, 0.2) is 0 Å². The lowest BCUT2D eigenvalue weighted by Gasteiger charge is -2.29. The van der Waals surface area contributed by atoms with E-state index in [0.717, 1.165) is 0 Å². The third kappa shape index (κ3) is 2.76. The van der Waals surface area contributed by atoms with Crippen LogP contribution in [0.2, 0.25) is 0 Å². The van der Waals surface area contributed by atoms with E-state index in [1.165, 1.54) is 39.1 Å². The normalized spacial score (nSPS) is 23.0. The standard InChI is InChI=1S/C10H22N2/c1-4-11-7-5-6-8-12(9-11)10(2)3/h10H,4-9H2,1-3H3. The van der Waals surface area contributed by atoms with E-state index in [4.69, 9.17) is 0 Å². The van der Waals surface area contributed by atoms with Gasteiger partial charge >= 0.3 is 0 Å². The topological polar surface area (TPSA) is 6.48 Å². The predicted molar refractivity (Wildman–Crippen MR) is 53.2 cm³/mol. The van der Waals surface area contributed by atoms with Crippen LogP contribution in [0.3, 0.4) is 0 Å². The monoisotopic (exact) mass is 170 g/mol. The number of hydrogen-bond donors (Lipinski definition) is 0. The average Bonchev–Trinajstić information content (AvgIpc) is 2.28. The summed E-state index contributed by atoms with van der Waals surface area (Å²) in [5, 5.41) is 0. The van der Waals surface area contributed by atoms with Gasteiger partial charge in [-0.1, -0.05) is 6.92 Å². The van der Waals surface area contributed by atoms with Gasteiger partial charge in [0.1, 0.15) is 0 Å². The highest BCUT2D eigenvalue weighted by molar-refractivity contribution is 4.68. The second-order valence-electron chi connectivity index (χ2n) is 3.97. The molecule has 0 aliphatic carbocycles. The summed E-state index contributed by atoms with van der Waals surface area (Å²) in [6.45, 7) is 11.8. The first-order valence-electron chi connectivity index (χ1n) is 5.20. The highest BCUT2D eigenvalue weighted by Crippen LogP contribution is 2.09. The fourth-order valence-electron chi connectivity index (χ4n) is 1.73. The van der Waals surface area contributed by atoms with Gasteiger partial charge in [-0.3, -0.25) is 9.80 Å². The van der Waals surface area contributed by atoms with Crippen molar-refractivity contribution < 1.29 is 0 Å². The Morgan fingerprint density at radius 2 is 1.83 bits per heavy atom. The molecule has 2 nitrogen and oxygen atoms in total. The molecule has 12 heavy (non-hydrogen) atoms. The summed E-state index contributed by atoms with van der Waals surface area (Å²) in [5.74, 6) is 0. The fourth-order valence-corrected chi connectivity index (χ4v) is 1.73. The number of rotatable bonds is 2. The molecule has 2 heteroatoms. The molecule has 1 heterocycles. The van der Waals surface area contributed by atoms with E-state index in [1.807, 2.05) is 0 Å². The van der Waals surface area contributed by atoms with Gasteiger partial charge in [-0.25, -0.2) is 0 Å². The van der Waals surface area contributed by atoms with Gasteiger partial charge in [-0.05, 0) is 46.3 Å². The smallest absolute Gasteiger partial charge is 0.0508 e. The molecule has 0 aromatic heterocycles. The third-order valence-electron chi connectivity index (χ3n) is 2.73. The van der Waals surface area contributed by atoms with Crippen LogP contribution in [0.4, 0.5) is 0 Å². The first kappa shape index (κ1) is 10.0. The Morgan fingerprint density at radius 1 is 1.17 bits per heavy atom. The molecule has 0 radical (unpaired) electrons. The Kier molecular flexibility index (Phi) is 4.02. The van der Waals surface area contributed by atoms with Crippen LogP contribution < -0.4 is 0 Å². The predicted octanol–water partition coefficient (Wildman–Crippen LogP) is 1.77. The molecule has 0 bridgehead atoms. The Bertz CT molecular complexity index is 123. The molecule has 0 amide bonds. The van der Waals surface area contributed by atoms with E-state index in [1.54, 1.807) is 0 Å². The van der Waals surface area contributed by atoms with Crippen LogP contribution in [0, 0.1) is 0 Å². The summed E-state index contributed by atoms with van der Waals surface area (Å²) in [6.07, 6.45) is 2.74. The number of hydrogen-bond acceptors (Lipinski definition) is 2. The average molecular weight is 170 g/mol. The second kappa shape index (κ2) is 4.83. The molecule has 0 spiro atoms. The SMILES string of the molecule is CCN1CCCCN(C(C)C)C1. The van der Waals surface area contributed by atoms with Crippen molar-refractivity contribution in [2.24, 2.45) is 0 Å². The van der Waals surface area contributed by atoms with E-state index in [-0.39, 0.29) is 0 Å². The maximum Gasteiger partial charge on any atom is 0.0508 e. The highest BCUT2D eigenvalue weighted by atomic mass is 15.3. The lowest BCUT2D eigenvalue weighted by molar-refractivity contribution is 0.131. The van der Waals surface area contributed by atoms with Gasteiger partial charge in [0.15, 0.2) is 0 Å². The summed E-state index contributed by atoms with van der Waals surface area (Å²) in [7, 11) is 0. The summed E-state index contributed by atoms with van der Waals surface area (Å²) < 4.78 is 0. The van der Waals surface area contributed by atoms with Crippen LogP contribution in [-0.2, 0) is 0 Å². The van der Waals surface area contributed by atoms with Crippen LogP contribution in [0.25, 0.3) is 0 Å². The van der Waals surface area contributed by atoms with E-state index in [9.17, 15) is 0 Å². The lowest BCUT2D eigenvalue weighted by atomic mass is 10.3. The van der Waals surface area contributed by atoms with Crippen LogP contribution in [-0.4, -0.2) is 42.1 Å². The van der Waals surface area contributed by atoms with Gasteiger partial charge in [0, 0.05) is 6.04 Å². The van der Waals surface area contributed by atoms with Crippen LogP contribution in [0.5, 0.6) is 0 Å². The summed E-state index contributed by atoms with van der Waals surface area (Å²) in [4.78, 5) is 5.10. The van der Waals surface area contributed by atoms with Gasteiger partial charge in [0.2, 0.25) is 0 Å². The van der Waals surface area contributed by atoms with E-state index in [0.29, 0.717) is 6.04 Å². The van der Waals surface area contributed by atoms with Crippen molar-refractivity contribution in [2.75, 3.05) is 26.3 Å². The zero-order valence-corrected chi connectivity index (χ0v) is 8.71. The van der Waals surface area contributed by atoms with Gasteiger partial charge in [0.05, 0.1) is 6.67 Å². The molecule has 0 atom stereocenters. The maximum absolute atomic E-state index is 2.57. The summed E-state index contributed by atoms with van der Waals surface area (Å²) in [6, 6.07) is 0.706. The van der Waals surface area contributed by atoms with E-state index >= 15 is 0 Å². The molecule has 1 fully saturated rings. The molecule has 1 saturated heterocycles. The van der Waals surface area contributed by atoms with Crippen molar-refractivity contribution in [3.63, 3.8) is 0 Å². The Labute approximate surface area is 76.5 Å². The minimum atomic E-state index is 0.706. The Hall–Kier alpha value is -0.0800. The van der Waals surface area contributed by atoms with Crippen molar-refractivity contribution in [3.05, 3.63) is 0 Å². The van der Waals surface area contributed by atoms with Crippen LogP contribution in [0.1, 0.15) is 33.6 Å². The molecule has 0 N–H and O–H groups in total. The second-order valence-corrected chi connectivity index (χ2v) is 3.97. The van der Waals surface area contributed by atoms with Crippen molar-refractivity contribution in [1.82, 2.24) is 9.80 Å². The first-order valence-corrected chi connectivity index (χ1v) is 5.20. The maximum atomic E-state index is 2.57. The Morgan fingerprint density at radius 3 is 2.42 bits per heavy atom. The zero-order valence-electron chi connectivity index (χ0n) is 8.71. The van der Waals surface area contributed by atoms with Gasteiger partial charge in [-0.2, -0.15) is 0 Å². The molecule has 0 unspecified atom stereocenters. The molecular formula is C10H22N2. The van der Waals surface area contributed by atoms with Gasteiger partial charge in [-0.15, -0.1) is 0 Å². The lowest BCUT2D eigenvalue weighted by Crippen LogP contribution is -2.39. The minimum Gasteiger partial charge on any atom is -0.291 e. The minimum absolute atomic E-state index is 0.706. The summed E-state index contributed by atoms with van der Waals surface area (Å²) in [5.41, 5.74) is 0. The first-order chi connectivity index (χ1) is 5.74. The molecule has 1 aliphatic rings. The van der Waals surface area contributed by atoms with E-state index in [2.05, 4.69) is 30.6 Å². The van der Waals surface area contributed by atoms with Gasteiger partial charge < -0.3 is 0 Å². The molecule has 1 aliphatic heterocycles. The number of nitrogens with zero attached hydrogens (tertiary/aromatic N) is 2. The van der Waals surface area contributed by atoms with Crippen molar-refractivity contribution >= 4 is 0 Å². The van der Waals surface area contributed by atoms with Crippen molar-refractivity contribution in [3.8, 4) is 0 Å².